The van der Waals surface area contributed by atoms with Gasteiger partial charge in [-0.25, -0.2) is 9.18 Å². The van der Waals surface area contributed by atoms with Crippen LogP contribution in [0.5, 0.6) is 0 Å². The molecular weight excluding hydrogens is 473 g/mol. The van der Waals surface area contributed by atoms with Crippen molar-refractivity contribution >= 4 is 36.6 Å². The quantitative estimate of drug-likeness (QED) is 0.167. The molecule has 4 rings (SSSR count). The van der Waals surface area contributed by atoms with Crippen LogP contribution in [0.15, 0.2) is 66.7 Å². The fourth-order valence-electron chi connectivity index (χ4n) is 3.43. The molecule has 0 bridgehead atoms. The van der Waals surface area contributed by atoms with Crippen molar-refractivity contribution in [3.05, 3.63) is 78.1 Å². The van der Waals surface area contributed by atoms with Gasteiger partial charge in [0, 0.05) is 33.4 Å². The van der Waals surface area contributed by atoms with E-state index >= 15 is 0 Å². The summed E-state index contributed by atoms with van der Waals surface area (Å²) in [5.41, 5.74) is -5.50. The number of alkyl halides is 6. The largest absolute Gasteiger partial charge is 0.437 e. The first-order valence-corrected chi connectivity index (χ1v) is 10.7. The van der Waals surface area contributed by atoms with Crippen LogP contribution in [0, 0.1) is 5.82 Å². The Labute approximate surface area is 185 Å². The zero-order valence-corrected chi connectivity index (χ0v) is 17.5. The van der Waals surface area contributed by atoms with Crippen LogP contribution in [0.1, 0.15) is 17.3 Å². The first-order valence-electron chi connectivity index (χ1n) is 9.43. The Morgan fingerprint density at radius 3 is 1.76 bits per heavy atom. The van der Waals surface area contributed by atoms with Gasteiger partial charge in [0.15, 0.2) is 14.3 Å². The van der Waals surface area contributed by atoms with Crippen LogP contribution in [-0.2, 0) is 4.74 Å². The minimum Gasteiger partial charge on any atom is -0.436 e. The highest BCUT2D eigenvalue weighted by molar-refractivity contribution is 7.50. The second-order valence-electron chi connectivity index (χ2n) is 7.39. The van der Waals surface area contributed by atoms with Gasteiger partial charge in [-0.2, -0.15) is 26.3 Å². The number of ether oxygens (including phenoxy) is 1. The van der Waals surface area contributed by atoms with Gasteiger partial charge in [0.2, 0.25) is 0 Å². The van der Waals surface area contributed by atoms with Gasteiger partial charge in [-0.15, -0.1) is 0 Å². The fourth-order valence-corrected chi connectivity index (χ4v) is 5.87. The lowest BCUT2D eigenvalue weighted by atomic mass is 10.1. The van der Waals surface area contributed by atoms with Crippen molar-refractivity contribution < 1.29 is 40.3 Å². The molecule has 0 fully saturated rings. The molecule has 4 aromatic rings. The van der Waals surface area contributed by atoms with E-state index in [4.69, 9.17) is 0 Å². The van der Waals surface area contributed by atoms with Crippen LogP contribution in [0.2, 0.25) is 0 Å². The molecule has 172 valence electrons. The number of benzene rings is 3. The van der Waals surface area contributed by atoms with Crippen LogP contribution < -0.4 is 0 Å². The van der Waals surface area contributed by atoms with Gasteiger partial charge in [0.05, 0.1) is 5.56 Å². The molecule has 0 N–H and O–H groups in total. The molecule has 0 aliphatic rings. The maximum atomic E-state index is 14.4. The summed E-state index contributed by atoms with van der Waals surface area (Å²) in [5.74, 6) is -2.92. The van der Waals surface area contributed by atoms with E-state index in [0.717, 1.165) is 32.3 Å². The first kappa shape index (κ1) is 23.0. The predicted molar refractivity (Wildman–Crippen MR) is 111 cm³/mol. The van der Waals surface area contributed by atoms with Crippen molar-refractivity contribution in [1.29, 1.82) is 0 Å². The minimum absolute atomic E-state index is 0.222. The van der Waals surface area contributed by atoms with E-state index in [1.807, 2.05) is 24.3 Å². The minimum atomic E-state index is -5.93. The highest BCUT2D eigenvalue weighted by Crippen LogP contribution is 2.49. The Morgan fingerprint density at radius 1 is 0.788 bits per heavy atom. The fraction of sp³-hybridized carbons (Fsp3) is 0.174. The number of halogens is 7. The monoisotopic (exact) mass is 487 g/mol. The molecule has 0 amide bonds. The average molecular weight is 487 g/mol. The van der Waals surface area contributed by atoms with E-state index in [0.29, 0.717) is 6.07 Å². The van der Waals surface area contributed by atoms with Gasteiger partial charge in [0.1, 0.15) is 5.82 Å². The highest BCUT2D eigenvalue weighted by Gasteiger charge is 2.71. The summed E-state index contributed by atoms with van der Waals surface area (Å²) >= 11 is 0. The van der Waals surface area contributed by atoms with E-state index < -0.39 is 45.8 Å². The Morgan fingerprint density at radius 2 is 1.27 bits per heavy atom. The van der Waals surface area contributed by atoms with Crippen molar-refractivity contribution in [2.75, 3.05) is 0 Å². The third kappa shape index (κ3) is 3.82. The maximum Gasteiger partial charge on any atom is 0.437 e. The summed E-state index contributed by atoms with van der Waals surface area (Å²) in [5, 5.41) is 1.73. The summed E-state index contributed by atoms with van der Waals surface area (Å²) in [6.07, 6.45) is -11.9. The van der Waals surface area contributed by atoms with Gasteiger partial charge < -0.3 is 4.74 Å². The molecule has 0 saturated heterocycles. The van der Waals surface area contributed by atoms with E-state index in [-0.39, 0.29) is 11.8 Å². The van der Waals surface area contributed by atoms with Crippen LogP contribution in [-0.4, -0.2) is 23.9 Å². The van der Waals surface area contributed by atoms with Gasteiger partial charge >= 0.3 is 18.3 Å². The molecule has 33 heavy (non-hydrogen) atoms. The van der Waals surface area contributed by atoms with E-state index in [2.05, 4.69) is 4.74 Å². The second-order valence-corrected chi connectivity index (χ2v) is 9.36. The molecule has 0 aliphatic heterocycles. The maximum absolute atomic E-state index is 14.4. The normalized spacial score (nSPS) is 13.0. The summed E-state index contributed by atoms with van der Waals surface area (Å²) < 4.78 is 98.8. The third-order valence-corrected chi connectivity index (χ3v) is 7.52. The molecule has 10 heteroatoms. The molecule has 1 heterocycles. The number of hydrogen-bond donors (Lipinski definition) is 0. The topological polar surface area (TPSA) is 26.3 Å². The molecule has 2 nitrogen and oxygen atoms in total. The van der Waals surface area contributed by atoms with Crippen molar-refractivity contribution in [2.45, 2.75) is 24.9 Å². The molecule has 3 aromatic carbocycles. The number of carbonyl (C=O) groups excluding carboxylic acids is 1. The first-order chi connectivity index (χ1) is 15.3. The van der Waals surface area contributed by atoms with Gasteiger partial charge in [-0.05, 0) is 37.3 Å². The molecular formula is C23H14F7O2S+. The van der Waals surface area contributed by atoms with E-state index in [1.54, 1.807) is 24.3 Å². The van der Waals surface area contributed by atoms with Gasteiger partial charge in [-0.1, -0.05) is 24.3 Å². The number of fused-ring (bicyclic) bond motifs is 3. The Hall–Kier alpha value is -3.14. The van der Waals surface area contributed by atoms with Crippen LogP contribution in [0.3, 0.4) is 0 Å². The van der Waals surface area contributed by atoms with E-state index in [9.17, 15) is 35.5 Å². The second kappa shape index (κ2) is 7.72. The zero-order valence-electron chi connectivity index (χ0n) is 16.7. The van der Waals surface area contributed by atoms with Crippen molar-refractivity contribution in [3.63, 3.8) is 0 Å². The standard InChI is InChI=1S/C23H14F7O2S/c1-21(22(25,26)27,23(28,29)30)32-20(31)13-10-14(24)12-15(11-13)33-18-8-4-2-6-16(18)17-7-3-5-9-19(17)33/h2-12H,1H3/q+1. The lowest BCUT2D eigenvalue weighted by molar-refractivity contribution is -0.358. The van der Waals surface area contributed by atoms with Crippen LogP contribution in [0.25, 0.3) is 25.1 Å². The number of hydrogen-bond acceptors (Lipinski definition) is 2. The van der Waals surface area contributed by atoms with Gasteiger partial charge in [-0.3, -0.25) is 0 Å². The molecule has 0 saturated carbocycles. The lowest BCUT2D eigenvalue weighted by Crippen LogP contribution is -2.57. The Bertz CT molecular complexity index is 1300. The zero-order chi connectivity index (χ0) is 24.2. The highest BCUT2D eigenvalue weighted by atomic mass is 32.2. The Kier molecular flexibility index (Phi) is 5.39. The van der Waals surface area contributed by atoms with Crippen LogP contribution in [0.4, 0.5) is 30.7 Å². The smallest absolute Gasteiger partial charge is 0.436 e. The molecule has 0 radical (unpaired) electrons. The number of rotatable bonds is 3. The van der Waals surface area contributed by atoms with E-state index in [1.165, 1.54) is 0 Å². The van der Waals surface area contributed by atoms with Crippen molar-refractivity contribution in [2.24, 2.45) is 0 Å². The number of carbonyl (C=O) groups is 1. The summed E-state index contributed by atoms with van der Waals surface area (Å²) in [6.45, 7) is -0.281. The van der Waals surface area contributed by atoms with Crippen LogP contribution >= 0.6 is 10.5 Å². The average Bonchev–Trinajstić information content (AvgIpc) is 3.06. The molecule has 0 atom stereocenters. The number of thiophene rings is 1. The number of esters is 1. The van der Waals surface area contributed by atoms with Crippen molar-refractivity contribution in [3.8, 4) is 4.90 Å². The Balaban J connectivity index is 1.86. The molecule has 0 unspecified atom stereocenters. The molecule has 0 spiro atoms. The molecule has 1 aromatic heterocycles. The SMILES string of the molecule is CC(OC(=O)c1cc(F)cc(-[s+]2c3ccccc3c3ccccc32)c1)(C(F)(F)F)C(F)(F)F. The van der Waals surface area contributed by atoms with Gasteiger partial charge in [0.25, 0.3) is 5.60 Å². The summed E-state index contributed by atoms with van der Waals surface area (Å²) in [4.78, 5) is 12.6. The third-order valence-electron chi connectivity index (χ3n) is 5.23. The summed E-state index contributed by atoms with van der Waals surface area (Å²) in [7, 11) is -0.927. The molecule has 0 aliphatic carbocycles. The predicted octanol–water partition coefficient (Wildman–Crippen LogP) is 7.91. The van der Waals surface area contributed by atoms with Crippen molar-refractivity contribution in [1.82, 2.24) is 0 Å². The lowest BCUT2D eigenvalue weighted by Gasteiger charge is -2.33. The summed E-state index contributed by atoms with van der Waals surface area (Å²) in [6, 6.07) is 17.2.